The van der Waals surface area contributed by atoms with E-state index in [9.17, 15) is 49.1 Å². The maximum absolute atomic E-state index is 13.3. The van der Waals surface area contributed by atoms with E-state index in [0.29, 0.717) is 0 Å². The lowest BCUT2D eigenvalue weighted by atomic mass is 9.90. The highest BCUT2D eigenvalue weighted by molar-refractivity contribution is 5.94. The Labute approximate surface area is 273 Å². The van der Waals surface area contributed by atoms with Crippen molar-refractivity contribution in [2.75, 3.05) is 13.7 Å². The van der Waals surface area contributed by atoms with Crippen molar-refractivity contribution in [3.63, 3.8) is 0 Å². The van der Waals surface area contributed by atoms with Crippen LogP contribution in [0.4, 0.5) is 0 Å². The third kappa shape index (κ3) is 17.7. The Morgan fingerprint density at radius 3 is 1.91 bits per heavy atom. The van der Waals surface area contributed by atoms with Crippen LogP contribution in [0.5, 0.6) is 0 Å². The van der Waals surface area contributed by atoms with Gasteiger partial charge in [-0.15, -0.1) is 0 Å². The van der Waals surface area contributed by atoms with E-state index < -0.39 is 82.7 Å². The van der Waals surface area contributed by atoms with Gasteiger partial charge in [0.25, 0.3) is 5.96 Å². The highest BCUT2D eigenvalue weighted by Crippen LogP contribution is 2.18. The number of carbonyl (C=O) groups is 6. The Morgan fingerprint density at radius 1 is 0.851 bits per heavy atom. The van der Waals surface area contributed by atoms with E-state index in [1.54, 1.807) is 33.1 Å². The van der Waals surface area contributed by atoms with E-state index in [0.717, 1.165) is 14.0 Å². The second-order valence-electron chi connectivity index (χ2n) is 12.0. The summed E-state index contributed by atoms with van der Waals surface area (Å²) < 4.78 is 4.77. The van der Waals surface area contributed by atoms with Crippen LogP contribution in [-0.4, -0.2) is 101 Å². The number of hydrogen-bond acceptors (Lipinski definition) is 11. The van der Waals surface area contributed by atoms with Crippen molar-refractivity contribution < 1.29 is 48.7 Å². The number of nitrogens with zero attached hydrogens (tertiary/aromatic N) is 2. The van der Waals surface area contributed by atoms with Crippen LogP contribution in [0.15, 0.2) is 4.99 Å². The summed E-state index contributed by atoms with van der Waals surface area (Å²) in [4.78, 5) is 89.2. The maximum atomic E-state index is 13.3. The van der Waals surface area contributed by atoms with Crippen LogP contribution in [-0.2, 0) is 33.5 Å². The van der Waals surface area contributed by atoms with Crippen LogP contribution < -0.4 is 32.4 Å². The zero-order chi connectivity index (χ0) is 36.4. The smallest absolute Gasteiger partial charge is 0.328 e. The fraction of sp³-hybridized carbons (Fsp3) is 0.750. The second kappa shape index (κ2) is 21.3. The number of rotatable bonds is 21. The molecule has 47 heavy (non-hydrogen) atoms. The molecule has 0 rings (SSSR count). The van der Waals surface area contributed by atoms with Crippen molar-refractivity contribution in [1.82, 2.24) is 26.7 Å². The van der Waals surface area contributed by atoms with E-state index in [4.69, 9.17) is 10.5 Å². The van der Waals surface area contributed by atoms with Crippen molar-refractivity contribution >= 4 is 41.5 Å². The minimum Gasteiger partial charge on any atom is -0.480 e. The molecule has 0 aromatic heterocycles. The van der Waals surface area contributed by atoms with Crippen molar-refractivity contribution in [1.29, 1.82) is 0 Å². The number of nitrogens with two attached hydrogens (primary N) is 1. The summed E-state index contributed by atoms with van der Waals surface area (Å²) in [6, 6.07) is -4.43. The molecule has 0 aliphatic rings. The SMILES string of the molecule is COC(=O)[C@H](CCCN=C(N)N[N+](=O)[O-])NC(=O)[C@H](CC(C)C)NC(=O)[C@@H](O)[C@H](CC(C)C)C(=O)N[C@@H](C)C[C@H](NC(C)=O)C(=O)O. The lowest BCUT2D eigenvalue weighted by Gasteiger charge is -2.28. The van der Waals surface area contributed by atoms with Gasteiger partial charge in [-0.2, -0.15) is 0 Å². The molecule has 0 aliphatic heterocycles. The number of aliphatic imine (C=N–C) groups is 1. The summed E-state index contributed by atoms with van der Waals surface area (Å²) in [5.41, 5.74) is 7.04. The van der Waals surface area contributed by atoms with Gasteiger partial charge in [0.05, 0.1) is 13.0 Å². The molecule has 0 saturated heterocycles. The van der Waals surface area contributed by atoms with Gasteiger partial charge in [0.15, 0.2) is 5.03 Å². The van der Waals surface area contributed by atoms with Gasteiger partial charge in [0.2, 0.25) is 23.6 Å². The first-order valence-electron chi connectivity index (χ1n) is 15.2. The molecular formula is C28H50N8O11. The molecule has 0 aliphatic carbocycles. The van der Waals surface area contributed by atoms with Gasteiger partial charge in [-0.1, -0.05) is 33.1 Å². The Kier molecular flexibility index (Phi) is 19.2. The normalized spacial score (nSPS) is 15.3. The Morgan fingerprint density at radius 2 is 1.43 bits per heavy atom. The molecule has 0 saturated carbocycles. The van der Waals surface area contributed by atoms with E-state index in [-0.39, 0.29) is 50.5 Å². The lowest BCUT2D eigenvalue weighted by molar-refractivity contribution is -0.525. The number of guanidine groups is 1. The fourth-order valence-corrected chi connectivity index (χ4v) is 4.55. The average Bonchev–Trinajstić information content (AvgIpc) is 2.94. The number of hydrogen-bond donors (Lipinski definition) is 8. The number of carboxylic acids is 1. The number of carbonyl (C=O) groups excluding carboxylic acids is 5. The summed E-state index contributed by atoms with van der Waals surface area (Å²) in [5.74, 6) is -7.17. The topological polar surface area (TPSA) is 294 Å². The molecule has 0 bridgehead atoms. The van der Waals surface area contributed by atoms with Gasteiger partial charge >= 0.3 is 11.9 Å². The minimum atomic E-state index is -1.90. The van der Waals surface area contributed by atoms with Gasteiger partial charge in [-0.25, -0.2) is 24.7 Å². The van der Waals surface area contributed by atoms with Crippen LogP contribution in [0.25, 0.3) is 0 Å². The summed E-state index contributed by atoms with van der Waals surface area (Å²) in [7, 11) is 1.12. The van der Waals surface area contributed by atoms with E-state index in [1.165, 1.54) is 6.92 Å². The van der Waals surface area contributed by atoms with Gasteiger partial charge < -0.3 is 42.0 Å². The quantitative estimate of drug-likeness (QED) is 0.0173. The number of amides is 4. The van der Waals surface area contributed by atoms with E-state index >= 15 is 0 Å². The van der Waals surface area contributed by atoms with E-state index in [1.807, 2.05) is 0 Å². The molecule has 0 spiro atoms. The standard InChI is InChI=1S/C28H50N8O11/c1-14(2)11-18(23(39)31-16(5)13-21(26(42)43)32-17(6)37)22(38)25(41)34-20(12-15(3)4)24(40)33-19(27(44)47-7)9-8-10-30-28(29)35-36(45)46/h14-16,18-22,38H,8-13H2,1-7H3,(H,31,39)(H,32,37)(H,33,40)(H,34,41)(H,42,43)(H3,29,30,35)/t16-,18-,19-,20-,21-,22-/m0/s1. The molecule has 0 aromatic rings. The number of aliphatic carboxylic acids is 1. The summed E-state index contributed by atoms with van der Waals surface area (Å²) >= 11 is 0. The number of esters is 1. The predicted octanol–water partition coefficient (Wildman–Crippen LogP) is -1.44. The number of aliphatic hydroxyl groups excluding tert-OH is 1. The Balaban J connectivity index is 5.76. The minimum absolute atomic E-state index is 0.0120. The molecule has 6 atom stereocenters. The monoisotopic (exact) mass is 674 g/mol. The summed E-state index contributed by atoms with van der Waals surface area (Å²) in [6.45, 7) is 9.76. The van der Waals surface area contributed by atoms with E-state index in [2.05, 4.69) is 26.3 Å². The number of ether oxygens (including phenoxy) is 1. The lowest BCUT2D eigenvalue weighted by Crippen LogP contribution is -2.56. The van der Waals surface area contributed by atoms with Gasteiger partial charge in [0, 0.05) is 19.5 Å². The Hall–Kier alpha value is -4.55. The molecule has 0 heterocycles. The molecule has 9 N–H and O–H groups in total. The van der Waals surface area contributed by atoms with Gasteiger partial charge in [-0.3, -0.25) is 19.2 Å². The largest absolute Gasteiger partial charge is 0.480 e. The highest BCUT2D eigenvalue weighted by Gasteiger charge is 2.36. The van der Waals surface area contributed by atoms with Crippen LogP contribution in [0, 0.1) is 27.9 Å². The van der Waals surface area contributed by atoms with Gasteiger partial charge in [0.1, 0.15) is 24.2 Å². The van der Waals surface area contributed by atoms with Gasteiger partial charge in [-0.05, 0) is 50.9 Å². The van der Waals surface area contributed by atoms with Crippen molar-refractivity contribution in [2.24, 2.45) is 28.5 Å². The molecule has 0 aromatic carbocycles. The molecule has 0 radical (unpaired) electrons. The average molecular weight is 675 g/mol. The zero-order valence-electron chi connectivity index (χ0n) is 27.9. The molecule has 19 heteroatoms. The number of nitro groups is 1. The summed E-state index contributed by atoms with van der Waals surface area (Å²) in [5, 5.41) is 39.8. The fourth-order valence-electron chi connectivity index (χ4n) is 4.55. The Bertz CT molecular complexity index is 1130. The first-order chi connectivity index (χ1) is 21.8. The predicted molar refractivity (Wildman–Crippen MR) is 168 cm³/mol. The van der Waals surface area contributed by atoms with Crippen molar-refractivity contribution in [2.45, 2.75) is 104 Å². The molecule has 4 amide bonds. The molecular weight excluding hydrogens is 624 g/mol. The maximum Gasteiger partial charge on any atom is 0.328 e. The second-order valence-corrected chi connectivity index (χ2v) is 12.0. The van der Waals surface area contributed by atoms with Crippen molar-refractivity contribution in [3.8, 4) is 0 Å². The number of methoxy groups -OCH3 is 1. The zero-order valence-corrected chi connectivity index (χ0v) is 27.9. The molecule has 0 fully saturated rings. The van der Waals surface area contributed by atoms with Crippen LogP contribution in [0.3, 0.4) is 0 Å². The first-order valence-corrected chi connectivity index (χ1v) is 15.2. The van der Waals surface area contributed by atoms with Crippen LogP contribution in [0.2, 0.25) is 0 Å². The highest BCUT2D eigenvalue weighted by atomic mass is 16.7. The number of aliphatic hydroxyl groups is 1. The molecule has 0 unspecified atom stereocenters. The van der Waals surface area contributed by atoms with Crippen LogP contribution in [0.1, 0.15) is 73.6 Å². The first kappa shape index (κ1) is 42.5. The third-order valence-corrected chi connectivity index (χ3v) is 6.65. The molecule has 19 nitrogen and oxygen atoms in total. The third-order valence-electron chi connectivity index (χ3n) is 6.65. The number of carboxylic acid groups (broad SMARTS) is 1. The molecule has 268 valence electrons. The van der Waals surface area contributed by atoms with Crippen LogP contribution >= 0.6 is 0 Å². The number of nitrogens with one attached hydrogen (secondary N) is 5. The number of hydrazine groups is 1. The van der Waals surface area contributed by atoms with Crippen molar-refractivity contribution in [3.05, 3.63) is 10.1 Å². The summed E-state index contributed by atoms with van der Waals surface area (Å²) in [6.07, 6.45) is -1.71.